The first kappa shape index (κ1) is 19.7. The lowest BCUT2D eigenvalue weighted by Crippen LogP contribution is -2.22. The summed E-state index contributed by atoms with van der Waals surface area (Å²) in [5, 5.41) is 5.65. The lowest BCUT2D eigenvalue weighted by molar-refractivity contribution is -0.128. The maximum atomic E-state index is 13.1. The molecule has 2 aromatic rings. The van der Waals surface area contributed by atoms with Gasteiger partial charge in [-0.15, -0.1) is 0 Å². The molecule has 0 aliphatic rings. The van der Waals surface area contributed by atoms with Crippen molar-refractivity contribution in [1.29, 1.82) is 0 Å². The van der Waals surface area contributed by atoms with Crippen molar-refractivity contribution in [2.45, 2.75) is 12.8 Å². The Morgan fingerprint density at radius 1 is 1.08 bits per heavy atom. The van der Waals surface area contributed by atoms with E-state index >= 15 is 0 Å². The van der Waals surface area contributed by atoms with Crippen LogP contribution in [0.5, 0.6) is 0 Å². The summed E-state index contributed by atoms with van der Waals surface area (Å²) < 4.78 is 13.1. The number of halogens is 2. The molecule has 0 unspecified atom stereocenters. The van der Waals surface area contributed by atoms with Gasteiger partial charge < -0.3 is 15.5 Å². The van der Waals surface area contributed by atoms with Gasteiger partial charge in [0.25, 0.3) is 0 Å². The fourth-order valence-corrected chi connectivity index (χ4v) is 2.40. The standard InChI is InChI=1S/C19H21ClFN3O2/c1-24(2)19(26)10-5-13-3-6-14(7-4-13)23-18(25)12-22-15-8-9-17(21)16(20)11-15/h3-4,6-9,11,22H,5,10,12H2,1-2H3,(H,23,25). The summed E-state index contributed by atoms with van der Waals surface area (Å²) in [5.74, 6) is -0.663. The van der Waals surface area contributed by atoms with Crippen LogP contribution in [-0.4, -0.2) is 37.4 Å². The Morgan fingerprint density at radius 3 is 2.35 bits per heavy atom. The fraction of sp³-hybridized carbons (Fsp3) is 0.263. The molecule has 0 heterocycles. The number of hydrogen-bond acceptors (Lipinski definition) is 3. The Labute approximate surface area is 157 Å². The molecule has 0 spiro atoms. The monoisotopic (exact) mass is 377 g/mol. The maximum absolute atomic E-state index is 13.1. The molecule has 26 heavy (non-hydrogen) atoms. The number of amides is 2. The molecule has 0 aliphatic carbocycles. The van der Waals surface area contributed by atoms with E-state index in [1.807, 2.05) is 12.1 Å². The molecule has 0 saturated carbocycles. The summed E-state index contributed by atoms with van der Waals surface area (Å²) in [7, 11) is 3.46. The van der Waals surface area contributed by atoms with E-state index in [1.165, 1.54) is 18.2 Å². The SMILES string of the molecule is CN(C)C(=O)CCc1ccc(NC(=O)CNc2ccc(F)c(Cl)c2)cc1. The molecule has 5 nitrogen and oxygen atoms in total. The Hall–Kier alpha value is -2.60. The number of anilines is 2. The molecule has 0 saturated heterocycles. The van der Waals surface area contributed by atoms with Crippen molar-refractivity contribution in [2.24, 2.45) is 0 Å². The van der Waals surface area contributed by atoms with Gasteiger partial charge in [-0.1, -0.05) is 23.7 Å². The van der Waals surface area contributed by atoms with E-state index in [0.717, 1.165) is 5.56 Å². The second-order valence-corrected chi connectivity index (χ2v) is 6.42. The van der Waals surface area contributed by atoms with Gasteiger partial charge in [0.2, 0.25) is 11.8 Å². The van der Waals surface area contributed by atoms with Crippen molar-refractivity contribution in [3.8, 4) is 0 Å². The molecule has 7 heteroatoms. The summed E-state index contributed by atoms with van der Waals surface area (Å²) in [6.07, 6.45) is 1.10. The van der Waals surface area contributed by atoms with Gasteiger partial charge in [0, 0.05) is 31.9 Å². The number of nitrogens with one attached hydrogen (secondary N) is 2. The van der Waals surface area contributed by atoms with Crippen molar-refractivity contribution in [2.75, 3.05) is 31.3 Å². The van der Waals surface area contributed by atoms with Crippen LogP contribution in [0.15, 0.2) is 42.5 Å². The minimum Gasteiger partial charge on any atom is -0.376 e. The van der Waals surface area contributed by atoms with Crippen LogP contribution in [0, 0.1) is 5.82 Å². The molecular weight excluding hydrogens is 357 g/mol. The molecule has 0 radical (unpaired) electrons. The van der Waals surface area contributed by atoms with Crippen LogP contribution in [-0.2, 0) is 16.0 Å². The van der Waals surface area contributed by atoms with Gasteiger partial charge in [-0.25, -0.2) is 4.39 Å². The molecule has 2 rings (SSSR count). The predicted octanol–water partition coefficient (Wildman–Crippen LogP) is 3.55. The average Bonchev–Trinajstić information content (AvgIpc) is 2.61. The minimum atomic E-state index is -0.506. The number of benzene rings is 2. The van der Waals surface area contributed by atoms with Crippen LogP contribution in [0.1, 0.15) is 12.0 Å². The number of carbonyl (C=O) groups excluding carboxylic acids is 2. The van der Waals surface area contributed by atoms with Gasteiger partial charge in [-0.05, 0) is 42.3 Å². The first-order chi connectivity index (χ1) is 12.3. The summed E-state index contributed by atoms with van der Waals surface area (Å²) in [6.45, 7) is 0.0288. The number of carbonyl (C=O) groups is 2. The predicted molar refractivity (Wildman–Crippen MR) is 102 cm³/mol. The summed E-state index contributed by atoms with van der Waals surface area (Å²) in [5.41, 5.74) is 2.25. The molecule has 0 fully saturated rings. The highest BCUT2D eigenvalue weighted by molar-refractivity contribution is 6.31. The Bertz CT molecular complexity index is 779. The Morgan fingerprint density at radius 2 is 1.73 bits per heavy atom. The van der Waals surface area contributed by atoms with E-state index in [0.29, 0.717) is 24.2 Å². The summed E-state index contributed by atoms with van der Waals surface area (Å²) in [6, 6.07) is 11.5. The lowest BCUT2D eigenvalue weighted by atomic mass is 10.1. The molecule has 0 bridgehead atoms. The highest BCUT2D eigenvalue weighted by atomic mass is 35.5. The Kier molecular flexibility index (Phi) is 6.97. The van der Waals surface area contributed by atoms with E-state index in [1.54, 1.807) is 31.1 Å². The normalized spacial score (nSPS) is 10.3. The molecule has 0 atom stereocenters. The summed E-state index contributed by atoms with van der Waals surface area (Å²) in [4.78, 5) is 25.1. The average molecular weight is 378 g/mol. The van der Waals surface area contributed by atoms with Crippen LogP contribution in [0.4, 0.5) is 15.8 Å². The van der Waals surface area contributed by atoms with Gasteiger partial charge >= 0.3 is 0 Å². The van der Waals surface area contributed by atoms with Crippen LogP contribution in [0.3, 0.4) is 0 Å². The molecule has 0 aliphatic heterocycles. The molecule has 0 aromatic heterocycles. The number of nitrogens with zero attached hydrogens (tertiary/aromatic N) is 1. The van der Waals surface area contributed by atoms with E-state index in [-0.39, 0.29) is 23.4 Å². The van der Waals surface area contributed by atoms with E-state index in [2.05, 4.69) is 10.6 Å². The number of rotatable bonds is 7. The Balaban J connectivity index is 1.81. The molecule has 2 amide bonds. The van der Waals surface area contributed by atoms with E-state index < -0.39 is 5.82 Å². The molecular formula is C19H21ClFN3O2. The van der Waals surface area contributed by atoms with Crippen LogP contribution >= 0.6 is 11.6 Å². The van der Waals surface area contributed by atoms with Crippen LogP contribution < -0.4 is 10.6 Å². The highest BCUT2D eigenvalue weighted by Crippen LogP contribution is 2.19. The van der Waals surface area contributed by atoms with Crippen molar-refractivity contribution >= 4 is 34.8 Å². The highest BCUT2D eigenvalue weighted by Gasteiger charge is 2.06. The largest absolute Gasteiger partial charge is 0.376 e. The quantitative estimate of drug-likeness (QED) is 0.775. The van der Waals surface area contributed by atoms with Crippen molar-refractivity contribution in [3.05, 3.63) is 58.9 Å². The lowest BCUT2D eigenvalue weighted by Gasteiger charge is -2.11. The zero-order chi connectivity index (χ0) is 19.1. The van der Waals surface area contributed by atoms with Gasteiger partial charge in [-0.2, -0.15) is 0 Å². The number of aryl methyl sites for hydroxylation is 1. The van der Waals surface area contributed by atoms with E-state index in [4.69, 9.17) is 11.6 Å². The van der Waals surface area contributed by atoms with Gasteiger partial charge in [0.05, 0.1) is 11.6 Å². The molecule has 2 aromatic carbocycles. The zero-order valence-electron chi connectivity index (χ0n) is 14.7. The van der Waals surface area contributed by atoms with Crippen molar-refractivity contribution < 1.29 is 14.0 Å². The summed E-state index contributed by atoms with van der Waals surface area (Å²) >= 11 is 5.70. The van der Waals surface area contributed by atoms with Gasteiger partial charge in [0.15, 0.2) is 0 Å². The zero-order valence-corrected chi connectivity index (χ0v) is 15.4. The van der Waals surface area contributed by atoms with E-state index in [9.17, 15) is 14.0 Å². The van der Waals surface area contributed by atoms with Crippen LogP contribution in [0.2, 0.25) is 5.02 Å². The fourth-order valence-electron chi connectivity index (χ4n) is 2.22. The third-order valence-electron chi connectivity index (χ3n) is 3.74. The third kappa shape index (κ3) is 6.04. The second-order valence-electron chi connectivity index (χ2n) is 6.02. The maximum Gasteiger partial charge on any atom is 0.243 e. The van der Waals surface area contributed by atoms with Crippen LogP contribution in [0.25, 0.3) is 0 Å². The number of hydrogen-bond donors (Lipinski definition) is 2. The molecule has 2 N–H and O–H groups in total. The smallest absolute Gasteiger partial charge is 0.243 e. The van der Waals surface area contributed by atoms with Crippen molar-refractivity contribution in [1.82, 2.24) is 4.90 Å². The second kappa shape index (κ2) is 9.20. The van der Waals surface area contributed by atoms with Crippen molar-refractivity contribution in [3.63, 3.8) is 0 Å². The van der Waals surface area contributed by atoms with Gasteiger partial charge in [0.1, 0.15) is 5.82 Å². The van der Waals surface area contributed by atoms with Gasteiger partial charge in [-0.3, -0.25) is 9.59 Å². The molecule has 138 valence electrons. The minimum absolute atomic E-state index is 0.00116. The topological polar surface area (TPSA) is 61.4 Å². The first-order valence-corrected chi connectivity index (χ1v) is 8.51. The third-order valence-corrected chi connectivity index (χ3v) is 4.03. The first-order valence-electron chi connectivity index (χ1n) is 8.13.